The first-order valence-electron chi connectivity index (χ1n) is 17.4. The van der Waals surface area contributed by atoms with Crippen molar-refractivity contribution in [1.82, 2.24) is 4.67 Å². The van der Waals surface area contributed by atoms with Gasteiger partial charge in [-0.25, -0.2) is 9.46 Å². The van der Waals surface area contributed by atoms with Crippen LogP contribution < -0.4 is 14.2 Å². The molecular weight excluding hydrogens is 683 g/mol. The third-order valence-electron chi connectivity index (χ3n) is 8.46. The summed E-state index contributed by atoms with van der Waals surface area (Å²) >= 11 is 0. The molecule has 3 aromatic rings. The molecule has 0 saturated heterocycles. The summed E-state index contributed by atoms with van der Waals surface area (Å²) in [6.45, 7) is 19.2. The predicted molar refractivity (Wildman–Crippen MR) is 195 cm³/mol. The van der Waals surface area contributed by atoms with E-state index < -0.39 is 42.9 Å². The predicted octanol–water partition coefficient (Wildman–Crippen LogP) is 8.95. The Balaban J connectivity index is 1.56. The van der Waals surface area contributed by atoms with Crippen LogP contribution in [0.1, 0.15) is 108 Å². The van der Waals surface area contributed by atoms with Gasteiger partial charge in [-0.1, -0.05) is 12.1 Å². The van der Waals surface area contributed by atoms with Crippen LogP contribution in [0.25, 0.3) is 0 Å². The van der Waals surface area contributed by atoms with Gasteiger partial charge in [-0.3, -0.25) is 9.59 Å². The van der Waals surface area contributed by atoms with E-state index in [0.717, 1.165) is 5.56 Å². The lowest BCUT2D eigenvalue weighted by Gasteiger charge is -2.37. The van der Waals surface area contributed by atoms with Gasteiger partial charge in [-0.05, 0) is 105 Å². The quantitative estimate of drug-likeness (QED) is 0.0810. The van der Waals surface area contributed by atoms with Crippen LogP contribution in [0.4, 0.5) is 0 Å². The van der Waals surface area contributed by atoms with Crippen LogP contribution in [0.2, 0.25) is 0 Å². The molecule has 0 saturated carbocycles. The van der Waals surface area contributed by atoms with E-state index in [9.17, 15) is 14.4 Å². The van der Waals surface area contributed by atoms with E-state index in [0.29, 0.717) is 33.8 Å². The standard InChI is InChI=1S/C40H47N2O9P/c1-24(2)42(25(3)4)52(46-19-11-18-41)47-23-26-12-15-30-29(20-26)35(43)51-40(30)31-16-13-27(48-36(44)38(5,6)7)21-33(31)50-34-22-28(14-17-32(34)40)49-37(45)39(8,9)10/h12-17,20-22,24-25H,11,19,23H2,1-10H3. The van der Waals surface area contributed by atoms with Gasteiger partial charge in [0, 0.05) is 40.9 Å². The van der Waals surface area contributed by atoms with Crippen molar-refractivity contribution >= 4 is 26.4 Å². The molecule has 276 valence electrons. The van der Waals surface area contributed by atoms with Crippen LogP contribution >= 0.6 is 8.53 Å². The van der Waals surface area contributed by atoms with Gasteiger partial charge in [0.25, 0.3) is 8.53 Å². The van der Waals surface area contributed by atoms with E-state index in [1.165, 1.54) is 0 Å². The van der Waals surface area contributed by atoms with Crippen molar-refractivity contribution in [1.29, 1.82) is 5.26 Å². The van der Waals surface area contributed by atoms with Crippen LogP contribution in [0.3, 0.4) is 0 Å². The maximum absolute atomic E-state index is 13.9. The smallest absolute Gasteiger partial charge is 0.340 e. The Bertz CT molecular complexity index is 1820. The summed E-state index contributed by atoms with van der Waals surface area (Å²) in [7, 11) is -1.50. The highest BCUT2D eigenvalue weighted by Gasteiger charge is 2.54. The fraction of sp³-hybridized carbons (Fsp3) is 0.450. The number of carbonyl (C=O) groups is 3. The van der Waals surface area contributed by atoms with Crippen molar-refractivity contribution in [2.24, 2.45) is 10.8 Å². The van der Waals surface area contributed by atoms with Crippen LogP contribution in [0.15, 0.2) is 54.6 Å². The van der Waals surface area contributed by atoms with Crippen molar-refractivity contribution in [2.75, 3.05) is 6.61 Å². The molecule has 0 radical (unpaired) electrons. The Kier molecular flexibility index (Phi) is 11.2. The number of ether oxygens (including phenoxy) is 4. The average molecular weight is 731 g/mol. The number of rotatable bonds is 11. The molecule has 0 aromatic heterocycles. The molecule has 2 heterocycles. The molecule has 1 unspecified atom stereocenters. The maximum Gasteiger partial charge on any atom is 0.340 e. The first-order valence-corrected chi connectivity index (χ1v) is 18.5. The topological polar surface area (TPSA) is 134 Å². The van der Waals surface area contributed by atoms with E-state index >= 15 is 0 Å². The lowest BCUT2D eigenvalue weighted by molar-refractivity contribution is -0.143. The molecule has 0 fully saturated rings. The fourth-order valence-corrected chi connectivity index (χ4v) is 7.52. The van der Waals surface area contributed by atoms with E-state index in [1.54, 1.807) is 84.0 Å². The lowest BCUT2D eigenvalue weighted by Crippen LogP contribution is -2.33. The van der Waals surface area contributed by atoms with E-state index in [1.807, 2.05) is 12.1 Å². The zero-order chi connectivity index (χ0) is 38.2. The molecule has 0 N–H and O–H groups in total. The van der Waals surface area contributed by atoms with E-state index in [4.69, 9.17) is 33.3 Å². The van der Waals surface area contributed by atoms with Gasteiger partial charge in [0.2, 0.25) is 0 Å². The Morgan fingerprint density at radius 2 is 1.33 bits per heavy atom. The number of esters is 3. The number of nitrogens with zero attached hydrogens (tertiary/aromatic N) is 2. The third-order valence-corrected chi connectivity index (χ3v) is 10.5. The fourth-order valence-electron chi connectivity index (χ4n) is 5.92. The minimum Gasteiger partial charge on any atom is -0.456 e. The monoisotopic (exact) mass is 730 g/mol. The van der Waals surface area contributed by atoms with Crippen LogP contribution in [-0.4, -0.2) is 41.3 Å². The molecule has 12 heteroatoms. The van der Waals surface area contributed by atoms with Gasteiger partial charge in [0.05, 0.1) is 42.1 Å². The lowest BCUT2D eigenvalue weighted by atomic mass is 9.77. The highest BCUT2D eigenvalue weighted by molar-refractivity contribution is 7.44. The summed E-state index contributed by atoms with van der Waals surface area (Å²) in [5.74, 6) is -0.258. The first-order chi connectivity index (χ1) is 24.4. The molecule has 0 aliphatic carbocycles. The Morgan fingerprint density at radius 3 is 1.81 bits per heavy atom. The Labute approximate surface area is 307 Å². The number of carbonyl (C=O) groups excluding carboxylic acids is 3. The molecule has 2 aliphatic heterocycles. The second kappa shape index (κ2) is 15.0. The molecular formula is C40H47N2O9P. The van der Waals surface area contributed by atoms with Crippen molar-refractivity contribution < 1.29 is 42.4 Å². The van der Waals surface area contributed by atoms with Crippen molar-refractivity contribution in [3.63, 3.8) is 0 Å². The molecule has 5 rings (SSSR count). The van der Waals surface area contributed by atoms with Crippen molar-refractivity contribution in [3.05, 3.63) is 82.4 Å². The minimum absolute atomic E-state index is 0.131. The first kappa shape index (κ1) is 38.9. The normalized spacial score (nSPS) is 15.0. The summed E-state index contributed by atoms with van der Waals surface area (Å²) in [6, 6.07) is 17.8. The number of hydrogen-bond donors (Lipinski definition) is 0. The summed E-state index contributed by atoms with van der Waals surface area (Å²) < 4.78 is 38.7. The summed E-state index contributed by atoms with van der Waals surface area (Å²) in [6.07, 6.45) is 0.243. The second-order valence-electron chi connectivity index (χ2n) is 15.5. The number of benzene rings is 3. The molecule has 52 heavy (non-hydrogen) atoms. The van der Waals surface area contributed by atoms with Crippen molar-refractivity contribution in [3.8, 4) is 29.1 Å². The molecule has 1 spiro atoms. The summed E-state index contributed by atoms with van der Waals surface area (Å²) in [5.41, 5.74) is -0.178. The second-order valence-corrected chi connectivity index (χ2v) is 16.9. The SMILES string of the molecule is CC(C)N(C(C)C)P(OCCC#N)OCc1ccc2c(c1)C(=O)OC21c2ccc(OC(=O)C(C)(C)C)cc2Oc2cc(OC(=O)C(C)(C)C)ccc21. The van der Waals surface area contributed by atoms with Gasteiger partial charge in [-0.15, -0.1) is 0 Å². The van der Waals surface area contributed by atoms with Gasteiger partial charge in [0.1, 0.15) is 23.0 Å². The zero-order valence-electron chi connectivity index (χ0n) is 31.5. The van der Waals surface area contributed by atoms with Crippen LogP contribution in [-0.2, 0) is 35.6 Å². The van der Waals surface area contributed by atoms with Gasteiger partial charge in [0.15, 0.2) is 5.60 Å². The van der Waals surface area contributed by atoms with Gasteiger partial charge in [-0.2, -0.15) is 5.26 Å². The molecule has 0 bridgehead atoms. The molecule has 2 aliphatic rings. The van der Waals surface area contributed by atoms with E-state index in [2.05, 4.69) is 38.4 Å². The highest BCUT2D eigenvalue weighted by Crippen LogP contribution is 2.57. The van der Waals surface area contributed by atoms with Crippen LogP contribution in [0.5, 0.6) is 23.0 Å². The maximum atomic E-state index is 13.9. The van der Waals surface area contributed by atoms with Gasteiger partial charge < -0.3 is 28.0 Å². The average Bonchev–Trinajstić information content (AvgIpc) is 3.33. The number of hydrogen-bond acceptors (Lipinski definition) is 11. The minimum atomic E-state index is -1.50. The summed E-state index contributed by atoms with van der Waals surface area (Å²) in [5, 5.41) is 9.07. The van der Waals surface area contributed by atoms with Gasteiger partial charge >= 0.3 is 17.9 Å². The molecule has 3 aromatic carbocycles. The van der Waals surface area contributed by atoms with Crippen molar-refractivity contribution in [2.45, 2.75) is 99.9 Å². The highest BCUT2D eigenvalue weighted by atomic mass is 31.2. The summed E-state index contributed by atoms with van der Waals surface area (Å²) in [4.78, 5) is 39.4. The third kappa shape index (κ3) is 7.86. The van der Waals surface area contributed by atoms with E-state index in [-0.39, 0.29) is 43.2 Å². The van der Waals surface area contributed by atoms with Crippen LogP contribution in [0, 0.1) is 22.2 Å². The Morgan fingerprint density at radius 1 is 0.808 bits per heavy atom. The Hall–Kier alpha value is -4.33. The number of nitriles is 1. The molecule has 11 nitrogen and oxygen atoms in total. The largest absolute Gasteiger partial charge is 0.456 e. The molecule has 0 amide bonds. The number of fused-ring (bicyclic) bond motifs is 6. The zero-order valence-corrected chi connectivity index (χ0v) is 32.4. The molecule has 1 atom stereocenters.